The Hall–Kier alpha value is -1.69. The SMILES string of the molecule is CCOC(=O)C1CCc2sc(-c3cnn(C(C)C)c3)nc21. The predicted molar refractivity (Wildman–Crippen MR) is 81.4 cm³/mol. The molecule has 0 aliphatic heterocycles. The molecule has 0 radical (unpaired) electrons. The molecule has 0 bridgehead atoms. The number of carbonyl (C=O) groups is 1. The number of aryl methyl sites for hydroxylation is 1. The van der Waals surface area contributed by atoms with Gasteiger partial charge in [-0.05, 0) is 33.6 Å². The van der Waals surface area contributed by atoms with Gasteiger partial charge in [0.25, 0.3) is 0 Å². The number of aromatic nitrogens is 3. The maximum Gasteiger partial charge on any atom is 0.315 e. The summed E-state index contributed by atoms with van der Waals surface area (Å²) in [6.45, 7) is 6.44. The lowest BCUT2D eigenvalue weighted by Gasteiger charge is -2.07. The molecule has 5 nitrogen and oxygen atoms in total. The molecule has 3 rings (SSSR count). The zero-order valence-corrected chi connectivity index (χ0v) is 13.3. The van der Waals surface area contributed by atoms with Crippen LogP contribution in [0.25, 0.3) is 10.6 Å². The topological polar surface area (TPSA) is 57.0 Å². The van der Waals surface area contributed by atoms with Crippen LogP contribution in [-0.2, 0) is 16.0 Å². The lowest BCUT2D eigenvalue weighted by Crippen LogP contribution is -2.14. The van der Waals surface area contributed by atoms with Crippen molar-refractivity contribution in [3.63, 3.8) is 0 Å². The number of hydrogen-bond donors (Lipinski definition) is 0. The van der Waals surface area contributed by atoms with Crippen molar-refractivity contribution in [2.75, 3.05) is 6.61 Å². The van der Waals surface area contributed by atoms with Crippen LogP contribution in [0.5, 0.6) is 0 Å². The number of carbonyl (C=O) groups excluding carboxylic acids is 1. The number of ether oxygens (including phenoxy) is 1. The number of hydrogen-bond acceptors (Lipinski definition) is 5. The van der Waals surface area contributed by atoms with Crippen LogP contribution in [0.15, 0.2) is 12.4 Å². The Morgan fingerprint density at radius 1 is 1.57 bits per heavy atom. The Morgan fingerprint density at radius 3 is 3.05 bits per heavy atom. The van der Waals surface area contributed by atoms with Crippen LogP contribution in [0.4, 0.5) is 0 Å². The highest BCUT2D eigenvalue weighted by atomic mass is 32.1. The zero-order valence-electron chi connectivity index (χ0n) is 12.5. The van der Waals surface area contributed by atoms with Gasteiger partial charge in [-0.25, -0.2) is 4.98 Å². The van der Waals surface area contributed by atoms with Gasteiger partial charge < -0.3 is 4.74 Å². The first-order valence-corrected chi connectivity index (χ1v) is 8.12. The van der Waals surface area contributed by atoms with Crippen molar-refractivity contribution >= 4 is 17.3 Å². The second kappa shape index (κ2) is 5.60. The van der Waals surface area contributed by atoms with Crippen molar-refractivity contribution in [2.24, 2.45) is 0 Å². The van der Waals surface area contributed by atoms with Crippen LogP contribution in [0, 0.1) is 0 Å². The number of fused-ring (bicyclic) bond motifs is 1. The molecule has 1 aliphatic rings. The van der Waals surface area contributed by atoms with Gasteiger partial charge in [-0.1, -0.05) is 0 Å². The third-order valence-electron chi connectivity index (χ3n) is 3.67. The summed E-state index contributed by atoms with van der Waals surface area (Å²) in [5, 5.41) is 5.30. The molecular weight excluding hydrogens is 286 g/mol. The van der Waals surface area contributed by atoms with Crippen molar-refractivity contribution in [1.82, 2.24) is 14.8 Å². The van der Waals surface area contributed by atoms with Gasteiger partial charge in [-0.15, -0.1) is 11.3 Å². The third kappa shape index (κ3) is 2.60. The molecule has 0 aromatic carbocycles. The molecule has 1 unspecified atom stereocenters. The van der Waals surface area contributed by atoms with Crippen LogP contribution >= 0.6 is 11.3 Å². The fourth-order valence-electron chi connectivity index (χ4n) is 2.55. The van der Waals surface area contributed by atoms with Crippen molar-refractivity contribution in [3.05, 3.63) is 23.0 Å². The van der Waals surface area contributed by atoms with Gasteiger partial charge in [0.15, 0.2) is 0 Å². The second-order valence-electron chi connectivity index (χ2n) is 5.47. The number of thiazole rings is 1. The van der Waals surface area contributed by atoms with E-state index < -0.39 is 0 Å². The van der Waals surface area contributed by atoms with Gasteiger partial charge in [0, 0.05) is 22.7 Å². The molecule has 0 fully saturated rings. The van der Waals surface area contributed by atoms with E-state index in [1.54, 1.807) is 11.3 Å². The highest BCUT2D eigenvalue weighted by molar-refractivity contribution is 7.15. The van der Waals surface area contributed by atoms with Crippen molar-refractivity contribution in [3.8, 4) is 10.6 Å². The monoisotopic (exact) mass is 305 g/mol. The van der Waals surface area contributed by atoms with E-state index in [0.29, 0.717) is 12.6 Å². The minimum absolute atomic E-state index is 0.147. The number of rotatable bonds is 4. The highest BCUT2D eigenvalue weighted by Gasteiger charge is 2.33. The van der Waals surface area contributed by atoms with E-state index in [4.69, 9.17) is 4.74 Å². The minimum Gasteiger partial charge on any atom is -0.465 e. The van der Waals surface area contributed by atoms with E-state index in [-0.39, 0.29) is 11.9 Å². The molecule has 21 heavy (non-hydrogen) atoms. The Labute approximate surface area is 128 Å². The summed E-state index contributed by atoms with van der Waals surface area (Å²) in [6.07, 6.45) is 5.58. The van der Waals surface area contributed by atoms with E-state index in [2.05, 4.69) is 23.9 Å². The first-order chi connectivity index (χ1) is 10.1. The molecule has 1 atom stereocenters. The molecule has 1 aliphatic carbocycles. The van der Waals surface area contributed by atoms with Crippen LogP contribution in [0.3, 0.4) is 0 Å². The van der Waals surface area contributed by atoms with E-state index in [9.17, 15) is 4.79 Å². The molecule has 0 spiro atoms. The Kier molecular flexibility index (Phi) is 3.80. The van der Waals surface area contributed by atoms with E-state index in [1.165, 1.54) is 4.88 Å². The minimum atomic E-state index is -0.190. The number of esters is 1. The average molecular weight is 305 g/mol. The Balaban J connectivity index is 1.87. The Morgan fingerprint density at radius 2 is 2.38 bits per heavy atom. The molecule has 0 saturated heterocycles. The van der Waals surface area contributed by atoms with Crippen LogP contribution in [-0.4, -0.2) is 27.3 Å². The van der Waals surface area contributed by atoms with E-state index in [1.807, 2.05) is 24.0 Å². The molecule has 2 heterocycles. The third-order valence-corrected chi connectivity index (χ3v) is 4.85. The summed E-state index contributed by atoms with van der Waals surface area (Å²) >= 11 is 1.67. The molecular formula is C15H19N3O2S. The lowest BCUT2D eigenvalue weighted by molar-refractivity contribution is -0.145. The Bertz CT molecular complexity index is 660. The quantitative estimate of drug-likeness (QED) is 0.814. The molecule has 0 N–H and O–H groups in total. The lowest BCUT2D eigenvalue weighted by atomic mass is 10.1. The summed E-state index contributed by atoms with van der Waals surface area (Å²) in [7, 11) is 0. The molecule has 0 saturated carbocycles. The van der Waals surface area contributed by atoms with Gasteiger partial charge in [-0.2, -0.15) is 5.10 Å². The van der Waals surface area contributed by atoms with Gasteiger partial charge in [0.05, 0.1) is 18.5 Å². The van der Waals surface area contributed by atoms with Crippen LogP contribution in [0.2, 0.25) is 0 Å². The first kappa shape index (κ1) is 14.3. The predicted octanol–water partition coefficient (Wildman–Crippen LogP) is 3.18. The van der Waals surface area contributed by atoms with Gasteiger partial charge in [0.1, 0.15) is 10.9 Å². The van der Waals surface area contributed by atoms with Gasteiger partial charge in [0.2, 0.25) is 0 Å². The zero-order chi connectivity index (χ0) is 15.0. The van der Waals surface area contributed by atoms with Crippen LogP contribution in [0.1, 0.15) is 49.7 Å². The smallest absolute Gasteiger partial charge is 0.315 e. The van der Waals surface area contributed by atoms with E-state index in [0.717, 1.165) is 29.1 Å². The maximum absolute atomic E-state index is 12.0. The van der Waals surface area contributed by atoms with Gasteiger partial charge >= 0.3 is 5.97 Å². The molecule has 2 aromatic heterocycles. The fraction of sp³-hybridized carbons (Fsp3) is 0.533. The van der Waals surface area contributed by atoms with Gasteiger partial charge in [-0.3, -0.25) is 9.48 Å². The second-order valence-corrected chi connectivity index (χ2v) is 6.56. The van der Waals surface area contributed by atoms with Crippen molar-refractivity contribution in [2.45, 2.75) is 45.6 Å². The van der Waals surface area contributed by atoms with Crippen molar-refractivity contribution < 1.29 is 9.53 Å². The molecule has 2 aromatic rings. The summed E-state index contributed by atoms with van der Waals surface area (Å²) in [5.74, 6) is -0.337. The summed E-state index contributed by atoms with van der Waals surface area (Å²) in [6, 6.07) is 0.331. The average Bonchev–Trinajstić information content (AvgIpc) is 3.13. The normalized spacial score (nSPS) is 17.2. The standard InChI is InChI=1S/C15H19N3O2S/c1-4-20-15(19)11-5-6-12-13(11)17-14(21-12)10-7-16-18(8-10)9(2)3/h7-9,11H,4-6H2,1-3H3. The van der Waals surface area contributed by atoms with Crippen LogP contribution < -0.4 is 0 Å². The summed E-state index contributed by atoms with van der Waals surface area (Å²) < 4.78 is 7.06. The van der Waals surface area contributed by atoms with E-state index >= 15 is 0 Å². The summed E-state index contributed by atoms with van der Waals surface area (Å²) in [5.41, 5.74) is 1.93. The molecule has 0 amide bonds. The maximum atomic E-state index is 12.0. The largest absolute Gasteiger partial charge is 0.465 e. The molecule has 6 heteroatoms. The fourth-order valence-corrected chi connectivity index (χ4v) is 3.67. The van der Waals surface area contributed by atoms with Crippen molar-refractivity contribution in [1.29, 1.82) is 0 Å². The summed E-state index contributed by atoms with van der Waals surface area (Å²) in [4.78, 5) is 17.9. The first-order valence-electron chi connectivity index (χ1n) is 7.31. The molecule has 112 valence electrons. The number of nitrogens with zero attached hydrogens (tertiary/aromatic N) is 3. The highest BCUT2D eigenvalue weighted by Crippen LogP contribution is 2.40.